The molecule has 0 unspecified atom stereocenters. The van der Waals surface area contributed by atoms with E-state index < -0.39 is 5.97 Å². The lowest BCUT2D eigenvalue weighted by Gasteiger charge is -2.04. The van der Waals surface area contributed by atoms with Crippen LogP contribution in [0.5, 0.6) is 5.75 Å². The Hall–Kier alpha value is -1.79. The second-order valence-corrected chi connectivity index (χ2v) is 5.41. The topological polar surface area (TPSA) is 75.6 Å². The molecule has 106 valence electrons. The number of ether oxygens (including phenoxy) is 1. The third kappa shape index (κ3) is 2.57. The van der Waals surface area contributed by atoms with Crippen molar-refractivity contribution < 1.29 is 19.4 Å². The number of aromatic hydroxyl groups is 1. The maximum Gasteiger partial charge on any atom is 0.341 e. The van der Waals surface area contributed by atoms with Crippen LogP contribution in [0.15, 0.2) is 12.1 Å². The van der Waals surface area contributed by atoms with Crippen LogP contribution >= 0.6 is 22.9 Å². The summed E-state index contributed by atoms with van der Waals surface area (Å²) in [5.74, 6) is -0.978. The smallest absolute Gasteiger partial charge is 0.341 e. The number of hydrogen-bond donors (Lipinski definition) is 2. The molecule has 7 heteroatoms. The maximum absolute atomic E-state index is 12.0. The molecule has 0 aliphatic heterocycles. The Balaban J connectivity index is 2.69. The first kappa shape index (κ1) is 14.6. The molecule has 1 heterocycles. The van der Waals surface area contributed by atoms with Gasteiger partial charge in [-0.15, -0.1) is 11.3 Å². The van der Waals surface area contributed by atoms with E-state index in [2.05, 4.69) is 5.32 Å². The van der Waals surface area contributed by atoms with Crippen LogP contribution in [0.1, 0.15) is 24.2 Å². The first-order chi connectivity index (χ1) is 9.45. The van der Waals surface area contributed by atoms with Crippen LogP contribution in [0.3, 0.4) is 0 Å². The average Bonchev–Trinajstić information content (AvgIpc) is 2.72. The second kappa shape index (κ2) is 5.68. The predicted molar refractivity (Wildman–Crippen MR) is 78.8 cm³/mol. The van der Waals surface area contributed by atoms with Crippen molar-refractivity contribution in [2.75, 3.05) is 11.9 Å². The van der Waals surface area contributed by atoms with Crippen LogP contribution in [-0.2, 0) is 9.53 Å². The van der Waals surface area contributed by atoms with Gasteiger partial charge in [0.05, 0.1) is 16.3 Å². The summed E-state index contributed by atoms with van der Waals surface area (Å²) >= 11 is 6.93. The maximum atomic E-state index is 12.0. The molecular weight excluding hydrogens is 302 g/mol. The molecule has 0 saturated heterocycles. The molecule has 0 radical (unpaired) electrons. The summed E-state index contributed by atoms with van der Waals surface area (Å²) in [6.45, 7) is 3.25. The van der Waals surface area contributed by atoms with Crippen molar-refractivity contribution in [3.8, 4) is 5.75 Å². The number of thiophene rings is 1. The van der Waals surface area contributed by atoms with E-state index in [4.69, 9.17) is 16.3 Å². The highest BCUT2D eigenvalue weighted by molar-refractivity contribution is 7.24. The van der Waals surface area contributed by atoms with E-state index in [1.165, 1.54) is 13.0 Å². The van der Waals surface area contributed by atoms with Crippen molar-refractivity contribution in [2.24, 2.45) is 0 Å². The lowest BCUT2D eigenvalue weighted by Crippen LogP contribution is -2.10. The number of halogens is 1. The lowest BCUT2D eigenvalue weighted by molar-refractivity contribution is -0.114. The van der Waals surface area contributed by atoms with Crippen LogP contribution in [0.2, 0.25) is 5.02 Å². The monoisotopic (exact) mass is 313 g/mol. The minimum Gasteiger partial charge on any atom is -0.505 e. The van der Waals surface area contributed by atoms with Crippen molar-refractivity contribution >= 4 is 49.9 Å². The van der Waals surface area contributed by atoms with E-state index in [9.17, 15) is 14.7 Å². The standard InChI is InChI=1S/C13H12ClNO4S/c1-3-19-13(18)9-7-4-5-8(14)10(17)11(7)20-12(9)15-6(2)16/h4-5,17H,3H2,1-2H3,(H,15,16). The summed E-state index contributed by atoms with van der Waals surface area (Å²) in [4.78, 5) is 23.3. The molecule has 1 aromatic heterocycles. The number of hydrogen-bond acceptors (Lipinski definition) is 5. The van der Waals surface area contributed by atoms with Crippen LogP contribution in [0.4, 0.5) is 5.00 Å². The Morgan fingerprint density at radius 1 is 1.45 bits per heavy atom. The molecule has 5 nitrogen and oxygen atoms in total. The number of benzene rings is 1. The highest BCUT2D eigenvalue weighted by Crippen LogP contribution is 2.43. The van der Waals surface area contributed by atoms with Crippen molar-refractivity contribution in [2.45, 2.75) is 13.8 Å². The Bertz CT molecular complexity index is 695. The quantitative estimate of drug-likeness (QED) is 0.852. The highest BCUT2D eigenvalue weighted by atomic mass is 35.5. The number of esters is 1. The predicted octanol–water partition coefficient (Wildman–Crippen LogP) is 3.40. The van der Waals surface area contributed by atoms with Gasteiger partial charge in [-0.1, -0.05) is 17.7 Å². The molecule has 2 aromatic rings. The van der Waals surface area contributed by atoms with E-state index in [1.54, 1.807) is 13.0 Å². The third-order valence-electron chi connectivity index (χ3n) is 2.55. The fourth-order valence-electron chi connectivity index (χ4n) is 1.78. The molecule has 0 aliphatic carbocycles. The molecule has 20 heavy (non-hydrogen) atoms. The van der Waals surface area contributed by atoms with Crippen molar-refractivity contribution in [3.05, 3.63) is 22.7 Å². The summed E-state index contributed by atoms with van der Waals surface area (Å²) in [5, 5.41) is 13.5. The van der Waals surface area contributed by atoms with Crippen LogP contribution in [0, 0.1) is 0 Å². The number of phenols is 1. The number of nitrogens with one attached hydrogen (secondary N) is 1. The molecule has 0 atom stereocenters. The highest BCUT2D eigenvalue weighted by Gasteiger charge is 2.23. The number of carbonyl (C=O) groups excluding carboxylic acids is 2. The molecule has 0 saturated carbocycles. The summed E-state index contributed by atoms with van der Waals surface area (Å²) in [6.07, 6.45) is 0. The largest absolute Gasteiger partial charge is 0.505 e. The van der Waals surface area contributed by atoms with Gasteiger partial charge in [0.25, 0.3) is 0 Å². The van der Waals surface area contributed by atoms with E-state index in [0.717, 1.165) is 11.3 Å². The van der Waals surface area contributed by atoms with Gasteiger partial charge >= 0.3 is 5.97 Å². The SMILES string of the molecule is CCOC(=O)c1c(NC(C)=O)sc2c(O)c(Cl)ccc12. The average molecular weight is 314 g/mol. The first-order valence-corrected chi connectivity index (χ1v) is 7.03. The number of anilines is 1. The van der Waals surface area contributed by atoms with Gasteiger partial charge in [-0.2, -0.15) is 0 Å². The van der Waals surface area contributed by atoms with Crippen LogP contribution in [-0.4, -0.2) is 23.6 Å². The number of phenolic OH excluding ortho intramolecular Hbond substituents is 1. The fraction of sp³-hybridized carbons (Fsp3) is 0.231. The van der Waals surface area contributed by atoms with Gasteiger partial charge in [0, 0.05) is 12.3 Å². The van der Waals surface area contributed by atoms with E-state index >= 15 is 0 Å². The summed E-state index contributed by atoms with van der Waals surface area (Å²) in [7, 11) is 0. The normalized spacial score (nSPS) is 10.6. The summed E-state index contributed by atoms with van der Waals surface area (Å²) < 4.78 is 5.42. The van der Waals surface area contributed by atoms with Crippen LogP contribution in [0.25, 0.3) is 10.1 Å². The molecule has 0 bridgehead atoms. The van der Waals surface area contributed by atoms with Gasteiger partial charge in [0.1, 0.15) is 10.6 Å². The van der Waals surface area contributed by atoms with Crippen molar-refractivity contribution in [3.63, 3.8) is 0 Å². The number of carbonyl (C=O) groups is 2. The van der Waals surface area contributed by atoms with E-state index in [0.29, 0.717) is 15.1 Å². The minimum atomic E-state index is -0.552. The summed E-state index contributed by atoms with van der Waals surface area (Å²) in [6, 6.07) is 3.11. The first-order valence-electron chi connectivity index (χ1n) is 5.84. The third-order valence-corrected chi connectivity index (χ3v) is 3.98. The zero-order valence-electron chi connectivity index (χ0n) is 10.8. The Morgan fingerprint density at radius 3 is 2.75 bits per heavy atom. The molecule has 1 amide bonds. The van der Waals surface area contributed by atoms with Gasteiger partial charge in [0.2, 0.25) is 5.91 Å². The van der Waals surface area contributed by atoms with Gasteiger partial charge < -0.3 is 15.2 Å². The number of fused-ring (bicyclic) bond motifs is 1. The molecule has 0 aliphatic rings. The Labute approximate surface area is 124 Å². The molecule has 2 N–H and O–H groups in total. The molecule has 1 aromatic carbocycles. The Kier molecular flexibility index (Phi) is 4.15. The van der Waals surface area contributed by atoms with Crippen molar-refractivity contribution in [1.29, 1.82) is 0 Å². The molecule has 0 fully saturated rings. The Morgan fingerprint density at radius 2 is 2.15 bits per heavy atom. The second-order valence-electron chi connectivity index (χ2n) is 3.98. The zero-order chi connectivity index (χ0) is 14.9. The van der Waals surface area contributed by atoms with Gasteiger partial charge in [-0.25, -0.2) is 4.79 Å². The van der Waals surface area contributed by atoms with Crippen LogP contribution < -0.4 is 5.32 Å². The van der Waals surface area contributed by atoms with E-state index in [-0.39, 0.29) is 28.8 Å². The number of rotatable bonds is 3. The summed E-state index contributed by atoms with van der Waals surface area (Å²) in [5.41, 5.74) is 0.231. The van der Waals surface area contributed by atoms with Gasteiger partial charge in [0.15, 0.2) is 5.75 Å². The number of amides is 1. The fourth-order valence-corrected chi connectivity index (χ4v) is 3.17. The molecular formula is C13H12ClNO4S. The van der Waals surface area contributed by atoms with E-state index in [1.807, 2.05) is 0 Å². The van der Waals surface area contributed by atoms with Gasteiger partial charge in [-0.3, -0.25) is 4.79 Å². The van der Waals surface area contributed by atoms with Gasteiger partial charge in [-0.05, 0) is 13.0 Å². The molecule has 0 spiro atoms. The minimum absolute atomic E-state index is 0.115. The lowest BCUT2D eigenvalue weighted by atomic mass is 10.1. The zero-order valence-corrected chi connectivity index (χ0v) is 12.4. The molecule has 2 rings (SSSR count). The van der Waals surface area contributed by atoms with Crippen molar-refractivity contribution in [1.82, 2.24) is 0 Å².